The summed E-state index contributed by atoms with van der Waals surface area (Å²) in [4.78, 5) is 27.8. The molecule has 0 spiro atoms. The van der Waals surface area contributed by atoms with Gasteiger partial charge in [-0.3, -0.25) is 9.59 Å². The van der Waals surface area contributed by atoms with Crippen LogP contribution in [-0.4, -0.2) is 17.5 Å². The molecule has 2 amide bonds. The number of hydroxylamine groups is 1. The average molecular weight is 283 g/mol. The van der Waals surface area contributed by atoms with Gasteiger partial charge in [-0.2, -0.15) is 0 Å². The van der Waals surface area contributed by atoms with E-state index in [1.165, 1.54) is 10.2 Å². The van der Waals surface area contributed by atoms with E-state index in [4.69, 9.17) is 10.6 Å². The minimum Gasteiger partial charge on any atom is -0.366 e. The number of nitrogens with two attached hydrogens (primary N) is 1. The summed E-state index contributed by atoms with van der Waals surface area (Å²) in [5.41, 5.74) is 7.12. The predicted octanol–water partition coefficient (Wildman–Crippen LogP) is 1.61. The van der Waals surface area contributed by atoms with Crippen LogP contribution in [0.15, 0.2) is 54.6 Å². The smallest absolute Gasteiger partial charge is 0.248 e. The molecule has 2 unspecified atom stereocenters. The van der Waals surface area contributed by atoms with E-state index in [-0.39, 0.29) is 6.23 Å². The molecule has 0 aromatic heterocycles. The Hall–Kier alpha value is -2.70. The van der Waals surface area contributed by atoms with Crippen LogP contribution in [0.25, 0.3) is 0 Å². The van der Waals surface area contributed by atoms with Gasteiger partial charge in [0.05, 0.1) is 5.69 Å². The van der Waals surface area contributed by atoms with Gasteiger partial charge in [0.2, 0.25) is 18.5 Å². The standard InChI is InChI=1S/C15H13N3O3/c16-14(20)11-6-8-13(9-7-11)17(10-19)18-15(21-18)12-4-2-1-3-5-12/h1-10,15H,(H2,16,20). The second-order valence-electron chi connectivity index (χ2n) is 4.53. The van der Waals surface area contributed by atoms with E-state index in [2.05, 4.69) is 0 Å². The predicted molar refractivity (Wildman–Crippen MR) is 75.6 cm³/mol. The molecule has 2 aromatic rings. The van der Waals surface area contributed by atoms with Crippen molar-refractivity contribution in [3.63, 3.8) is 0 Å². The largest absolute Gasteiger partial charge is 0.366 e. The number of anilines is 1. The molecular formula is C15H13N3O3. The van der Waals surface area contributed by atoms with Gasteiger partial charge in [-0.1, -0.05) is 35.5 Å². The molecule has 2 aromatic carbocycles. The normalized spacial score (nSPS) is 19.8. The summed E-state index contributed by atoms with van der Waals surface area (Å²) < 4.78 is 0. The van der Waals surface area contributed by atoms with Gasteiger partial charge < -0.3 is 5.73 Å². The first kappa shape index (κ1) is 13.3. The van der Waals surface area contributed by atoms with Crippen LogP contribution in [0.4, 0.5) is 5.69 Å². The molecule has 0 bridgehead atoms. The quantitative estimate of drug-likeness (QED) is 0.668. The Morgan fingerprint density at radius 3 is 2.38 bits per heavy atom. The Labute approximate surface area is 121 Å². The molecule has 21 heavy (non-hydrogen) atoms. The molecular weight excluding hydrogens is 270 g/mol. The van der Waals surface area contributed by atoms with Crippen LogP contribution >= 0.6 is 0 Å². The number of benzene rings is 2. The second-order valence-corrected chi connectivity index (χ2v) is 4.53. The fourth-order valence-corrected chi connectivity index (χ4v) is 2.04. The Bertz CT molecular complexity index is 658. The van der Waals surface area contributed by atoms with Crippen molar-refractivity contribution in [3.8, 4) is 0 Å². The molecule has 6 nitrogen and oxygen atoms in total. The Morgan fingerprint density at radius 1 is 1.14 bits per heavy atom. The number of nitrogens with zero attached hydrogens (tertiary/aromatic N) is 2. The number of carbonyl (C=O) groups excluding carboxylic acids is 2. The molecule has 1 heterocycles. The van der Waals surface area contributed by atoms with Gasteiger partial charge in [0.15, 0.2) is 0 Å². The first-order valence-electron chi connectivity index (χ1n) is 6.36. The van der Waals surface area contributed by atoms with Crippen molar-refractivity contribution in [2.75, 3.05) is 5.01 Å². The molecule has 0 radical (unpaired) electrons. The fourth-order valence-electron chi connectivity index (χ4n) is 2.04. The highest BCUT2D eigenvalue weighted by Gasteiger charge is 2.43. The fraction of sp³-hybridized carbons (Fsp3) is 0.0667. The lowest BCUT2D eigenvalue weighted by Gasteiger charge is -2.15. The van der Waals surface area contributed by atoms with Crippen molar-refractivity contribution >= 4 is 18.0 Å². The lowest BCUT2D eigenvalue weighted by Crippen LogP contribution is -2.27. The lowest BCUT2D eigenvalue weighted by molar-refractivity contribution is -0.110. The van der Waals surface area contributed by atoms with Gasteiger partial charge >= 0.3 is 0 Å². The summed E-state index contributed by atoms with van der Waals surface area (Å²) in [6.07, 6.45) is 0.370. The van der Waals surface area contributed by atoms with E-state index in [0.717, 1.165) is 5.56 Å². The number of hydrogen-bond acceptors (Lipinski definition) is 4. The summed E-state index contributed by atoms with van der Waals surface area (Å²) in [6.45, 7) is 0. The minimum atomic E-state index is -0.510. The number of hydrazine groups is 1. The highest BCUT2D eigenvalue weighted by molar-refractivity contribution is 5.93. The van der Waals surface area contributed by atoms with Crippen molar-refractivity contribution < 1.29 is 14.4 Å². The molecule has 1 fully saturated rings. The van der Waals surface area contributed by atoms with Crippen molar-refractivity contribution in [1.82, 2.24) is 5.17 Å². The highest BCUT2D eigenvalue weighted by Crippen LogP contribution is 2.39. The first-order chi connectivity index (χ1) is 10.2. The van der Waals surface area contributed by atoms with E-state index in [1.54, 1.807) is 24.3 Å². The molecule has 0 aliphatic carbocycles. The Balaban J connectivity index is 1.78. The van der Waals surface area contributed by atoms with Crippen LogP contribution in [0.3, 0.4) is 0 Å². The van der Waals surface area contributed by atoms with Crippen molar-refractivity contribution in [2.24, 2.45) is 5.73 Å². The lowest BCUT2D eigenvalue weighted by atomic mass is 10.2. The Morgan fingerprint density at radius 2 is 1.81 bits per heavy atom. The third kappa shape index (κ3) is 2.62. The summed E-state index contributed by atoms with van der Waals surface area (Å²) >= 11 is 0. The molecule has 1 aliphatic heterocycles. The van der Waals surface area contributed by atoms with E-state index in [9.17, 15) is 9.59 Å². The molecule has 2 atom stereocenters. The van der Waals surface area contributed by atoms with Crippen LogP contribution < -0.4 is 10.7 Å². The van der Waals surface area contributed by atoms with Crippen LogP contribution in [0.5, 0.6) is 0 Å². The van der Waals surface area contributed by atoms with E-state index >= 15 is 0 Å². The number of amides is 2. The summed E-state index contributed by atoms with van der Waals surface area (Å²) in [7, 11) is 0. The monoisotopic (exact) mass is 283 g/mol. The van der Waals surface area contributed by atoms with Crippen molar-refractivity contribution in [2.45, 2.75) is 6.23 Å². The van der Waals surface area contributed by atoms with Crippen molar-refractivity contribution in [3.05, 3.63) is 65.7 Å². The number of carbonyl (C=O) groups is 2. The third-order valence-corrected chi connectivity index (χ3v) is 3.18. The molecule has 1 saturated heterocycles. The van der Waals surface area contributed by atoms with Crippen LogP contribution in [0.1, 0.15) is 22.1 Å². The van der Waals surface area contributed by atoms with Gasteiger partial charge in [0.25, 0.3) is 0 Å². The summed E-state index contributed by atoms with van der Waals surface area (Å²) in [6, 6.07) is 16.0. The second kappa shape index (κ2) is 5.35. The van der Waals surface area contributed by atoms with E-state index < -0.39 is 5.91 Å². The van der Waals surface area contributed by atoms with Crippen LogP contribution in [0, 0.1) is 0 Å². The van der Waals surface area contributed by atoms with Gasteiger partial charge in [-0.15, -0.1) is 0 Å². The molecule has 2 N–H and O–H groups in total. The van der Waals surface area contributed by atoms with Crippen molar-refractivity contribution in [1.29, 1.82) is 0 Å². The minimum absolute atomic E-state index is 0.285. The zero-order chi connectivity index (χ0) is 14.8. The van der Waals surface area contributed by atoms with Crippen LogP contribution in [-0.2, 0) is 9.63 Å². The maximum absolute atomic E-state index is 11.3. The topological polar surface area (TPSA) is 78.9 Å². The van der Waals surface area contributed by atoms with E-state index in [0.29, 0.717) is 17.7 Å². The number of hydrogen-bond donors (Lipinski definition) is 1. The maximum Gasteiger partial charge on any atom is 0.248 e. The first-order valence-corrected chi connectivity index (χ1v) is 6.36. The number of rotatable bonds is 5. The summed E-state index contributed by atoms with van der Waals surface area (Å²) in [5.74, 6) is -0.510. The molecule has 3 rings (SSSR count). The SMILES string of the molecule is NC(=O)c1ccc(N(C=O)N2OC2c2ccccc2)cc1. The molecule has 0 saturated carbocycles. The molecule has 1 aliphatic rings. The average Bonchev–Trinajstić information content (AvgIpc) is 3.30. The Kier molecular flexibility index (Phi) is 3.39. The maximum atomic E-state index is 11.3. The highest BCUT2D eigenvalue weighted by atomic mass is 16.9. The van der Waals surface area contributed by atoms with E-state index in [1.807, 2.05) is 30.3 Å². The van der Waals surface area contributed by atoms with Gasteiger partial charge in [-0.05, 0) is 24.3 Å². The molecule has 6 heteroatoms. The number of primary amides is 1. The van der Waals surface area contributed by atoms with Crippen LogP contribution in [0.2, 0.25) is 0 Å². The third-order valence-electron chi connectivity index (χ3n) is 3.18. The van der Waals surface area contributed by atoms with Gasteiger partial charge in [0, 0.05) is 11.1 Å². The zero-order valence-corrected chi connectivity index (χ0v) is 11.0. The molecule has 106 valence electrons. The summed E-state index contributed by atoms with van der Waals surface area (Å²) in [5, 5.41) is 2.80. The van der Waals surface area contributed by atoms with Gasteiger partial charge in [-0.25, -0.2) is 9.85 Å². The van der Waals surface area contributed by atoms with Gasteiger partial charge in [0.1, 0.15) is 0 Å². The zero-order valence-electron chi connectivity index (χ0n) is 11.0.